The second kappa shape index (κ2) is 8.89. The molecular weight excluding hydrogens is 441 g/mol. The first-order chi connectivity index (χ1) is 14.2. The first-order valence-electron chi connectivity index (χ1n) is 8.72. The van der Waals surface area contributed by atoms with Gasteiger partial charge in [-0.1, -0.05) is 60.7 Å². The molecule has 0 spiro atoms. The summed E-state index contributed by atoms with van der Waals surface area (Å²) in [6.45, 7) is 0. The first kappa shape index (κ1) is 24.7. The Kier molecular flexibility index (Phi) is 7.09. The van der Waals surface area contributed by atoms with Gasteiger partial charge in [-0.2, -0.15) is 39.5 Å². The van der Waals surface area contributed by atoms with E-state index in [0.29, 0.717) is 5.56 Å². The van der Waals surface area contributed by atoms with Gasteiger partial charge in [-0.25, -0.2) is 0 Å². The molecule has 0 heterocycles. The molecule has 2 rings (SSSR count). The number of rotatable bonds is 8. The SMILES string of the molecule is O[C@@H]([C@H](Cc1ccccc1)N=Cc1ccccc1)C(F)(F)C(F)(F)C(F)(F)C(F)(F)F. The van der Waals surface area contributed by atoms with Crippen molar-refractivity contribution in [3.8, 4) is 0 Å². The van der Waals surface area contributed by atoms with Crippen molar-refractivity contribution >= 4 is 6.21 Å². The lowest BCUT2D eigenvalue weighted by Gasteiger charge is -2.37. The average molecular weight is 457 g/mol. The molecule has 0 saturated heterocycles. The van der Waals surface area contributed by atoms with Crippen molar-refractivity contribution < 1.29 is 44.6 Å². The van der Waals surface area contributed by atoms with Crippen molar-refractivity contribution in [2.75, 3.05) is 0 Å². The quantitative estimate of drug-likeness (QED) is 0.410. The van der Waals surface area contributed by atoms with Crippen LogP contribution in [0.4, 0.5) is 39.5 Å². The Morgan fingerprint density at radius 3 is 1.71 bits per heavy atom. The highest BCUT2D eigenvalue weighted by Gasteiger charge is 2.83. The molecule has 2 atom stereocenters. The summed E-state index contributed by atoms with van der Waals surface area (Å²) in [6, 6.07) is 12.5. The minimum atomic E-state index is -7.09. The minimum Gasteiger partial charge on any atom is -0.384 e. The maximum absolute atomic E-state index is 14.2. The van der Waals surface area contributed by atoms with Gasteiger partial charge >= 0.3 is 23.9 Å². The minimum absolute atomic E-state index is 0.207. The van der Waals surface area contributed by atoms with Gasteiger partial charge in [0.1, 0.15) is 6.10 Å². The van der Waals surface area contributed by atoms with Gasteiger partial charge in [0.25, 0.3) is 0 Å². The smallest absolute Gasteiger partial charge is 0.384 e. The number of aliphatic imine (C=N–C) groups is 1. The third kappa shape index (κ3) is 5.03. The Bertz CT molecular complexity index is 867. The van der Waals surface area contributed by atoms with Crippen LogP contribution in [-0.4, -0.2) is 47.4 Å². The Labute approximate surface area is 171 Å². The number of aliphatic hydroxyl groups is 1. The fourth-order valence-electron chi connectivity index (χ4n) is 2.64. The normalized spacial score (nSPS) is 15.8. The highest BCUT2D eigenvalue weighted by atomic mass is 19.4. The Morgan fingerprint density at radius 1 is 0.742 bits per heavy atom. The summed E-state index contributed by atoms with van der Waals surface area (Å²) in [5.74, 6) is -20.2. The van der Waals surface area contributed by atoms with Crippen molar-refractivity contribution in [3.63, 3.8) is 0 Å². The topological polar surface area (TPSA) is 32.6 Å². The van der Waals surface area contributed by atoms with Crippen molar-refractivity contribution in [3.05, 3.63) is 71.8 Å². The van der Waals surface area contributed by atoms with E-state index in [0.717, 1.165) is 6.21 Å². The fourth-order valence-corrected chi connectivity index (χ4v) is 2.64. The molecule has 0 unspecified atom stereocenters. The first-order valence-corrected chi connectivity index (χ1v) is 8.72. The molecule has 0 amide bonds. The van der Waals surface area contributed by atoms with Gasteiger partial charge in [-0.3, -0.25) is 4.99 Å². The Morgan fingerprint density at radius 2 is 1.23 bits per heavy atom. The molecule has 0 fully saturated rings. The van der Waals surface area contributed by atoms with Crippen molar-refractivity contribution in [2.24, 2.45) is 4.99 Å². The highest BCUT2D eigenvalue weighted by molar-refractivity contribution is 5.79. The molecule has 2 aromatic rings. The molecule has 0 radical (unpaired) electrons. The molecule has 170 valence electrons. The van der Waals surface area contributed by atoms with Crippen LogP contribution < -0.4 is 0 Å². The van der Waals surface area contributed by atoms with Crippen molar-refractivity contribution in [1.29, 1.82) is 0 Å². The largest absolute Gasteiger partial charge is 0.460 e. The molecule has 0 aliphatic rings. The van der Waals surface area contributed by atoms with Gasteiger partial charge in [-0.15, -0.1) is 0 Å². The lowest BCUT2D eigenvalue weighted by Crippen LogP contribution is -2.66. The molecule has 0 bridgehead atoms. The predicted octanol–water partition coefficient (Wildman–Crippen LogP) is 5.55. The van der Waals surface area contributed by atoms with E-state index >= 15 is 0 Å². The van der Waals surface area contributed by atoms with Crippen LogP contribution in [0.3, 0.4) is 0 Å². The Balaban J connectivity index is 2.44. The third-order valence-electron chi connectivity index (χ3n) is 4.41. The van der Waals surface area contributed by atoms with E-state index in [4.69, 9.17) is 0 Å². The zero-order valence-electron chi connectivity index (χ0n) is 15.5. The number of aliphatic hydroxyl groups excluding tert-OH is 1. The van der Waals surface area contributed by atoms with Gasteiger partial charge in [0.15, 0.2) is 0 Å². The van der Waals surface area contributed by atoms with Gasteiger partial charge in [0.05, 0.1) is 6.04 Å². The zero-order valence-corrected chi connectivity index (χ0v) is 15.5. The van der Waals surface area contributed by atoms with Crippen LogP contribution in [0.1, 0.15) is 11.1 Å². The van der Waals surface area contributed by atoms with Gasteiger partial charge in [0.2, 0.25) is 0 Å². The number of halogens is 9. The van der Waals surface area contributed by atoms with E-state index in [1.54, 1.807) is 6.07 Å². The van der Waals surface area contributed by atoms with E-state index in [2.05, 4.69) is 4.99 Å². The second-order valence-electron chi connectivity index (χ2n) is 6.66. The second-order valence-corrected chi connectivity index (χ2v) is 6.66. The monoisotopic (exact) mass is 457 g/mol. The van der Waals surface area contributed by atoms with E-state index in [1.807, 2.05) is 0 Å². The van der Waals surface area contributed by atoms with Crippen LogP contribution >= 0.6 is 0 Å². The molecule has 2 nitrogen and oxygen atoms in total. The number of benzene rings is 2. The lowest BCUT2D eigenvalue weighted by atomic mass is 9.91. The fraction of sp³-hybridized carbons (Fsp3) is 0.350. The van der Waals surface area contributed by atoms with Crippen LogP contribution in [0.15, 0.2) is 65.7 Å². The zero-order chi connectivity index (χ0) is 23.5. The molecule has 0 aliphatic carbocycles. The summed E-state index contributed by atoms with van der Waals surface area (Å²) < 4.78 is 120. The summed E-state index contributed by atoms with van der Waals surface area (Å²) >= 11 is 0. The van der Waals surface area contributed by atoms with Crippen LogP contribution in [0.25, 0.3) is 0 Å². The van der Waals surface area contributed by atoms with Crippen LogP contribution in [0.2, 0.25) is 0 Å². The van der Waals surface area contributed by atoms with Crippen LogP contribution in [0, 0.1) is 0 Å². The summed E-state index contributed by atoms with van der Waals surface area (Å²) in [4.78, 5) is 3.60. The average Bonchev–Trinajstić information content (AvgIpc) is 2.71. The van der Waals surface area contributed by atoms with Crippen molar-refractivity contribution in [2.45, 2.75) is 42.5 Å². The molecule has 11 heteroatoms. The number of nitrogens with zero attached hydrogens (tertiary/aromatic N) is 1. The summed E-state index contributed by atoms with van der Waals surface area (Å²) in [5.41, 5.74) is 0.502. The summed E-state index contributed by atoms with van der Waals surface area (Å²) in [6.07, 6.45) is -10.3. The molecule has 0 aromatic heterocycles. The van der Waals surface area contributed by atoms with Gasteiger partial charge < -0.3 is 5.11 Å². The molecule has 0 aliphatic heterocycles. The molecule has 31 heavy (non-hydrogen) atoms. The summed E-state index contributed by atoms with van der Waals surface area (Å²) in [7, 11) is 0. The van der Waals surface area contributed by atoms with Gasteiger partial charge in [-0.05, 0) is 17.5 Å². The van der Waals surface area contributed by atoms with Crippen LogP contribution in [0.5, 0.6) is 0 Å². The molecule has 2 aromatic carbocycles. The van der Waals surface area contributed by atoms with E-state index in [-0.39, 0.29) is 5.56 Å². The maximum atomic E-state index is 14.2. The maximum Gasteiger partial charge on any atom is 0.460 e. The molecule has 0 saturated carbocycles. The Hall–Kier alpha value is -2.56. The lowest BCUT2D eigenvalue weighted by molar-refractivity contribution is -0.406. The van der Waals surface area contributed by atoms with Gasteiger partial charge in [0, 0.05) is 6.21 Å². The summed E-state index contributed by atoms with van der Waals surface area (Å²) in [5, 5.41) is 9.90. The van der Waals surface area contributed by atoms with E-state index in [1.165, 1.54) is 54.6 Å². The standard InChI is InChI=1S/C20H16F9NO/c21-17(22,18(23,24)19(25,26)20(27,28)29)16(31)15(11-13-7-3-1-4-8-13)30-12-14-9-5-2-6-10-14/h1-10,12,15-16,31H,11H2/t15-,16-/m0/s1. The number of hydrogen-bond acceptors (Lipinski definition) is 2. The highest BCUT2D eigenvalue weighted by Crippen LogP contribution is 2.54. The molecular formula is C20H16F9NO. The molecule has 1 N–H and O–H groups in total. The predicted molar refractivity (Wildman–Crippen MR) is 94.9 cm³/mol. The third-order valence-corrected chi connectivity index (χ3v) is 4.41. The van der Waals surface area contributed by atoms with Crippen LogP contribution in [-0.2, 0) is 6.42 Å². The van der Waals surface area contributed by atoms with Crippen molar-refractivity contribution in [1.82, 2.24) is 0 Å². The number of hydrogen-bond donors (Lipinski definition) is 1. The van der Waals surface area contributed by atoms with E-state index < -0.39 is 42.5 Å². The number of alkyl halides is 9. The van der Waals surface area contributed by atoms with E-state index in [9.17, 15) is 44.6 Å².